The van der Waals surface area contributed by atoms with E-state index in [0.29, 0.717) is 0 Å². The van der Waals surface area contributed by atoms with E-state index in [1.165, 1.54) is 57.9 Å². The van der Waals surface area contributed by atoms with E-state index in [9.17, 15) is 0 Å². The SMILES string of the molecule is CC1CC1NCC1CCCCCCC1. The third-order valence-corrected chi connectivity index (χ3v) is 4.00. The second-order valence-electron chi connectivity index (χ2n) is 5.44. The summed E-state index contributed by atoms with van der Waals surface area (Å²) in [7, 11) is 0. The Morgan fingerprint density at radius 3 is 2.14 bits per heavy atom. The summed E-state index contributed by atoms with van der Waals surface area (Å²) in [6, 6.07) is 0.875. The normalized spacial score (nSPS) is 34.9. The van der Waals surface area contributed by atoms with E-state index in [-0.39, 0.29) is 0 Å². The minimum Gasteiger partial charge on any atom is -0.313 e. The van der Waals surface area contributed by atoms with Gasteiger partial charge in [-0.05, 0) is 37.6 Å². The lowest BCUT2D eigenvalue weighted by Gasteiger charge is -2.20. The Labute approximate surface area is 88.7 Å². The summed E-state index contributed by atoms with van der Waals surface area (Å²) in [5.41, 5.74) is 0. The van der Waals surface area contributed by atoms with Gasteiger partial charge in [0.2, 0.25) is 0 Å². The molecular weight excluding hydrogens is 170 g/mol. The van der Waals surface area contributed by atoms with Crippen LogP contribution in [-0.2, 0) is 0 Å². The Kier molecular flexibility index (Phi) is 3.86. The van der Waals surface area contributed by atoms with Crippen molar-refractivity contribution in [3.63, 3.8) is 0 Å². The van der Waals surface area contributed by atoms with E-state index in [0.717, 1.165) is 17.9 Å². The van der Waals surface area contributed by atoms with Crippen molar-refractivity contribution in [1.29, 1.82) is 0 Å². The molecular formula is C13H25N. The van der Waals surface area contributed by atoms with Crippen molar-refractivity contribution in [2.45, 2.75) is 64.3 Å². The minimum absolute atomic E-state index is 0.875. The molecule has 2 rings (SSSR count). The van der Waals surface area contributed by atoms with E-state index < -0.39 is 0 Å². The van der Waals surface area contributed by atoms with Gasteiger partial charge in [0.15, 0.2) is 0 Å². The molecule has 1 N–H and O–H groups in total. The molecule has 0 aromatic heterocycles. The molecule has 0 heterocycles. The molecule has 1 nitrogen and oxygen atoms in total. The van der Waals surface area contributed by atoms with Crippen LogP contribution in [0.25, 0.3) is 0 Å². The largest absolute Gasteiger partial charge is 0.313 e. The molecule has 1 heteroatoms. The van der Waals surface area contributed by atoms with Crippen LogP contribution >= 0.6 is 0 Å². The van der Waals surface area contributed by atoms with E-state index in [2.05, 4.69) is 12.2 Å². The topological polar surface area (TPSA) is 12.0 Å². The van der Waals surface area contributed by atoms with Crippen LogP contribution in [0, 0.1) is 11.8 Å². The maximum atomic E-state index is 3.72. The molecule has 2 atom stereocenters. The quantitative estimate of drug-likeness (QED) is 0.728. The fourth-order valence-electron chi connectivity index (χ4n) is 2.67. The van der Waals surface area contributed by atoms with Gasteiger partial charge in [0, 0.05) is 6.04 Å². The lowest BCUT2D eigenvalue weighted by molar-refractivity contribution is 0.358. The van der Waals surface area contributed by atoms with Gasteiger partial charge >= 0.3 is 0 Å². The molecule has 2 saturated carbocycles. The smallest absolute Gasteiger partial charge is 0.00965 e. The average molecular weight is 195 g/mol. The highest BCUT2D eigenvalue weighted by atomic mass is 15.0. The second kappa shape index (κ2) is 5.16. The Morgan fingerprint density at radius 1 is 1.00 bits per heavy atom. The van der Waals surface area contributed by atoms with E-state index in [1.807, 2.05) is 0 Å². The van der Waals surface area contributed by atoms with Gasteiger partial charge in [-0.1, -0.05) is 39.0 Å². The van der Waals surface area contributed by atoms with Crippen LogP contribution in [0.5, 0.6) is 0 Å². The zero-order valence-electron chi connectivity index (χ0n) is 9.60. The van der Waals surface area contributed by atoms with Gasteiger partial charge in [-0.15, -0.1) is 0 Å². The van der Waals surface area contributed by atoms with Gasteiger partial charge in [-0.3, -0.25) is 0 Å². The standard InChI is InChI=1S/C13H25N/c1-11-9-13(11)14-10-12-7-5-3-2-4-6-8-12/h11-14H,2-10H2,1H3. The van der Waals surface area contributed by atoms with Crippen molar-refractivity contribution in [3.05, 3.63) is 0 Å². The first-order valence-corrected chi connectivity index (χ1v) is 6.59. The van der Waals surface area contributed by atoms with E-state index >= 15 is 0 Å². The molecule has 0 spiro atoms. The molecule has 14 heavy (non-hydrogen) atoms. The van der Waals surface area contributed by atoms with Crippen LogP contribution in [0.1, 0.15) is 58.3 Å². The van der Waals surface area contributed by atoms with Gasteiger partial charge in [-0.25, -0.2) is 0 Å². The highest BCUT2D eigenvalue weighted by molar-refractivity contribution is 4.90. The first kappa shape index (κ1) is 10.5. The van der Waals surface area contributed by atoms with Gasteiger partial charge in [0.1, 0.15) is 0 Å². The van der Waals surface area contributed by atoms with Crippen molar-refractivity contribution < 1.29 is 0 Å². The summed E-state index contributed by atoms with van der Waals surface area (Å²) in [5, 5.41) is 3.72. The third kappa shape index (κ3) is 3.27. The van der Waals surface area contributed by atoms with Crippen LogP contribution in [0.2, 0.25) is 0 Å². The molecule has 2 fully saturated rings. The molecule has 0 aromatic carbocycles. The molecule has 0 aromatic rings. The highest BCUT2D eigenvalue weighted by Gasteiger charge is 2.32. The number of hydrogen-bond acceptors (Lipinski definition) is 1. The molecule has 2 aliphatic carbocycles. The van der Waals surface area contributed by atoms with Crippen molar-refractivity contribution >= 4 is 0 Å². The van der Waals surface area contributed by atoms with Crippen LogP contribution in [0.15, 0.2) is 0 Å². The fraction of sp³-hybridized carbons (Fsp3) is 1.00. The second-order valence-corrected chi connectivity index (χ2v) is 5.44. The fourth-order valence-corrected chi connectivity index (χ4v) is 2.67. The molecule has 0 bridgehead atoms. The zero-order valence-corrected chi connectivity index (χ0v) is 9.60. The van der Waals surface area contributed by atoms with Crippen molar-refractivity contribution in [2.24, 2.45) is 11.8 Å². The van der Waals surface area contributed by atoms with Gasteiger partial charge in [0.25, 0.3) is 0 Å². The van der Waals surface area contributed by atoms with E-state index in [4.69, 9.17) is 0 Å². The maximum absolute atomic E-state index is 3.72. The zero-order chi connectivity index (χ0) is 9.80. The Morgan fingerprint density at radius 2 is 1.57 bits per heavy atom. The van der Waals surface area contributed by atoms with E-state index in [1.54, 1.807) is 0 Å². The first-order valence-electron chi connectivity index (χ1n) is 6.59. The number of hydrogen-bond donors (Lipinski definition) is 1. The summed E-state index contributed by atoms with van der Waals surface area (Å²) in [6.45, 7) is 3.66. The average Bonchev–Trinajstić information content (AvgIpc) is 2.80. The van der Waals surface area contributed by atoms with Gasteiger partial charge in [-0.2, -0.15) is 0 Å². The lowest BCUT2D eigenvalue weighted by atomic mass is 9.91. The van der Waals surface area contributed by atoms with Crippen molar-refractivity contribution in [3.8, 4) is 0 Å². The highest BCUT2D eigenvalue weighted by Crippen LogP contribution is 2.30. The third-order valence-electron chi connectivity index (χ3n) is 4.00. The molecule has 2 aliphatic rings. The summed E-state index contributed by atoms with van der Waals surface area (Å²) in [4.78, 5) is 0. The van der Waals surface area contributed by atoms with Crippen molar-refractivity contribution in [1.82, 2.24) is 5.32 Å². The minimum atomic E-state index is 0.875. The van der Waals surface area contributed by atoms with Gasteiger partial charge < -0.3 is 5.32 Å². The van der Waals surface area contributed by atoms with Crippen LogP contribution < -0.4 is 5.32 Å². The lowest BCUT2D eigenvalue weighted by Crippen LogP contribution is -2.26. The Bertz CT molecular complexity index is 159. The molecule has 0 amide bonds. The molecule has 2 unspecified atom stereocenters. The summed E-state index contributed by atoms with van der Waals surface area (Å²) in [6.07, 6.45) is 11.8. The predicted molar refractivity (Wildman–Crippen MR) is 61.4 cm³/mol. The van der Waals surface area contributed by atoms with Crippen LogP contribution in [-0.4, -0.2) is 12.6 Å². The van der Waals surface area contributed by atoms with Crippen LogP contribution in [0.4, 0.5) is 0 Å². The Balaban J connectivity index is 1.62. The predicted octanol–water partition coefficient (Wildman–Crippen LogP) is 3.34. The molecule has 0 radical (unpaired) electrons. The monoisotopic (exact) mass is 195 g/mol. The summed E-state index contributed by atoms with van der Waals surface area (Å²) >= 11 is 0. The molecule has 0 aliphatic heterocycles. The van der Waals surface area contributed by atoms with Gasteiger partial charge in [0.05, 0.1) is 0 Å². The van der Waals surface area contributed by atoms with Crippen molar-refractivity contribution in [2.75, 3.05) is 6.54 Å². The summed E-state index contributed by atoms with van der Waals surface area (Å²) in [5.74, 6) is 1.95. The molecule has 82 valence electrons. The maximum Gasteiger partial charge on any atom is 0.00965 e. The van der Waals surface area contributed by atoms with Crippen LogP contribution in [0.3, 0.4) is 0 Å². The number of rotatable bonds is 3. The first-order chi connectivity index (χ1) is 6.86. The summed E-state index contributed by atoms with van der Waals surface area (Å²) < 4.78 is 0. The molecule has 0 saturated heterocycles. The number of nitrogens with one attached hydrogen (secondary N) is 1. The Hall–Kier alpha value is -0.0400.